The van der Waals surface area contributed by atoms with Crippen LogP contribution in [0.2, 0.25) is 5.02 Å². The summed E-state index contributed by atoms with van der Waals surface area (Å²) in [5.41, 5.74) is 3.12. The summed E-state index contributed by atoms with van der Waals surface area (Å²) in [6.07, 6.45) is 0.653. The van der Waals surface area contributed by atoms with E-state index >= 15 is 0 Å². The normalized spacial score (nSPS) is 13.0. The van der Waals surface area contributed by atoms with Gasteiger partial charge in [0.1, 0.15) is 13.2 Å². The molecule has 1 aliphatic rings. The second-order valence-corrected chi connectivity index (χ2v) is 6.08. The third-order valence-corrected chi connectivity index (χ3v) is 4.52. The lowest BCUT2D eigenvalue weighted by Crippen LogP contribution is -2.16. The van der Waals surface area contributed by atoms with Crippen molar-refractivity contribution in [2.75, 3.05) is 19.8 Å². The fourth-order valence-corrected chi connectivity index (χ4v) is 3.14. The highest BCUT2D eigenvalue weighted by atomic mass is 35.5. The molecule has 0 saturated heterocycles. The number of thiazole rings is 1. The number of halogens is 1. The summed E-state index contributed by atoms with van der Waals surface area (Å²) in [5.74, 6) is 0.523. The predicted molar refractivity (Wildman–Crippen MR) is 83.3 cm³/mol. The van der Waals surface area contributed by atoms with Crippen LogP contribution in [0.25, 0.3) is 0 Å². The highest BCUT2D eigenvalue weighted by molar-refractivity contribution is 7.09. The third-order valence-electron chi connectivity index (χ3n) is 3.24. The Bertz CT molecular complexity index is 701. The summed E-state index contributed by atoms with van der Waals surface area (Å²) in [5, 5.41) is 0.349. The molecule has 2 aromatic rings. The second-order valence-electron chi connectivity index (χ2n) is 4.73. The van der Waals surface area contributed by atoms with E-state index in [1.807, 2.05) is 6.92 Å². The largest absolute Gasteiger partial charge is 0.486 e. The van der Waals surface area contributed by atoms with Crippen LogP contribution in [0.4, 0.5) is 0 Å². The SMILES string of the molecule is Cc1ncsc1CCOC(=O)c1cc(Cl)c2c(c1)OCCO2. The van der Waals surface area contributed by atoms with Crippen LogP contribution in [0, 0.1) is 6.92 Å². The molecular formula is C15H14ClNO4S. The first-order chi connectivity index (χ1) is 10.6. The molecular weight excluding hydrogens is 326 g/mol. The quantitative estimate of drug-likeness (QED) is 0.800. The van der Waals surface area contributed by atoms with Crippen molar-refractivity contribution in [2.45, 2.75) is 13.3 Å². The first-order valence-electron chi connectivity index (χ1n) is 6.80. The number of ether oxygens (including phenoxy) is 3. The van der Waals surface area contributed by atoms with Gasteiger partial charge in [-0.15, -0.1) is 11.3 Å². The van der Waals surface area contributed by atoms with Gasteiger partial charge in [-0.2, -0.15) is 0 Å². The van der Waals surface area contributed by atoms with Gasteiger partial charge in [-0.25, -0.2) is 9.78 Å². The number of carbonyl (C=O) groups is 1. The second kappa shape index (κ2) is 6.54. The van der Waals surface area contributed by atoms with Gasteiger partial charge >= 0.3 is 5.97 Å². The van der Waals surface area contributed by atoms with E-state index in [1.165, 1.54) is 6.07 Å². The van der Waals surface area contributed by atoms with Gasteiger partial charge in [0.15, 0.2) is 11.5 Å². The molecule has 5 nitrogen and oxygen atoms in total. The van der Waals surface area contributed by atoms with Gasteiger partial charge in [0.2, 0.25) is 0 Å². The van der Waals surface area contributed by atoms with Gasteiger partial charge < -0.3 is 14.2 Å². The molecule has 0 bridgehead atoms. The predicted octanol–water partition coefficient (Wildman–Crippen LogP) is 3.28. The van der Waals surface area contributed by atoms with Crippen LogP contribution < -0.4 is 9.47 Å². The molecule has 0 N–H and O–H groups in total. The van der Waals surface area contributed by atoms with Crippen molar-refractivity contribution in [3.63, 3.8) is 0 Å². The Hall–Kier alpha value is -1.79. The minimum atomic E-state index is -0.430. The highest BCUT2D eigenvalue weighted by Crippen LogP contribution is 2.38. The first-order valence-corrected chi connectivity index (χ1v) is 8.06. The van der Waals surface area contributed by atoms with Crippen molar-refractivity contribution >= 4 is 28.9 Å². The van der Waals surface area contributed by atoms with Crippen LogP contribution in [0.1, 0.15) is 20.9 Å². The number of rotatable bonds is 4. The summed E-state index contributed by atoms with van der Waals surface area (Å²) in [6.45, 7) is 3.12. The summed E-state index contributed by atoms with van der Waals surface area (Å²) in [7, 11) is 0. The molecule has 0 atom stereocenters. The minimum absolute atomic E-state index is 0.300. The van der Waals surface area contributed by atoms with Crippen molar-refractivity contribution in [1.82, 2.24) is 4.98 Å². The number of aryl methyl sites for hydroxylation is 1. The van der Waals surface area contributed by atoms with Crippen molar-refractivity contribution in [3.05, 3.63) is 38.8 Å². The van der Waals surface area contributed by atoms with Gasteiger partial charge in [-0.3, -0.25) is 0 Å². The topological polar surface area (TPSA) is 57.7 Å². The van der Waals surface area contributed by atoms with Crippen LogP contribution in [0.15, 0.2) is 17.6 Å². The monoisotopic (exact) mass is 339 g/mol. The molecule has 116 valence electrons. The number of fused-ring (bicyclic) bond motifs is 1. The van der Waals surface area contributed by atoms with E-state index in [1.54, 1.807) is 22.9 Å². The van der Waals surface area contributed by atoms with Crippen molar-refractivity contribution in [1.29, 1.82) is 0 Å². The van der Waals surface area contributed by atoms with Crippen LogP contribution in [-0.2, 0) is 11.2 Å². The molecule has 1 aromatic heterocycles. The molecule has 0 amide bonds. The number of esters is 1. The van der Waals surface area contributed by atoms with Gasteiger partial charge in [0.25, 0.3) is 0 Å². The zero-order valence-corrected chi connectivity index (χ0v) is 13.5. The van der Waals surface area contributed by atoms with E-state index in [0.717, 1.165) is 10.6 Å². The zero-order valence-electron chi connectivity index (χ0n) is 11.9. The average Bonchev–Trinajstić information content (AvgIpc) is 2.92. The average molecular weight is 340 g/mol. The standard InChI is InChI=1S/C15H14ClNO4S/c1-9-13(22-8-17-9)2-3-21-15(18)10-6-11(16)14-12(7-10)19-4-5-20-14/h6-8H,2-5H2,1H3. The van der Waals surface area contributed by atoms with Crippen LogP contribution in [0.3, 0.4) is 0 Å². The molecule has 1 aliphatic heterocycles. The zero-order chi connectivity index (χ0) is 15.5. The number of nitrogens with zero attached hydrogens (tertiary/aromatic N) is 1. The maximum absolute atomic E-state index is 12.1. The van der Waals surface area contributed by atoms with E-state index < -0.39 is 5.97 Å². The molecule has 3 rings (SSSR count). The van der Waals surface area contributed by atoms with Crippen LogP contribution >= 0.6 is 22.9 Å². The lowest BCUT2D eigenvalue weighted by atomic mass is 10.2. The number of aromatic nitrogens is 1. The lowest BCUT2D eigenvalue weighted by molar-refractivity contribution is 0.0508. The molecule has 0 fully saturated rings. The van der Waals surface area contributed by atoms with E-state index in [4.69, 9.17) is 25.8 Å². The van der Waals surface area contributed by atoms with Gasteiger partial charge in [0, 0.05) is 11.3 Å². The summed E-state index contributed by atoms with van der Waals surface area (Å²) in [6, 6.07) is 3.13. The van der Waals surface area contributed by atoms with Crippen molar-refractivity contribution < 1.29 is 19.0 Å². The van der Waals surface area contributed by atoms with E-state index in [9.17, 15) is 4.79 Å². The molecule has 0 spiro atoms. The molecule has 0 saturated carbocycles. The summed E-state index contributed by atoms with van der Waals surface area (Å²) < 4.78 is 16.2. The van der Waals surface area contributed by atoms with Crippen LogP contribution in [-0.4, -0.2) is 30.8 Å². The molecule has 0 unspecified atom stereocenters. The molecule has 22 heavy (non-hydrogen) atoms. The minimum Gasteiger partial charge on any atom is -0.486 e. The first kappa shape index (κ1) is 15.1. The van der Waals surface area contributed by atoms with Gasteiger partial charge in [-0.1, -0.05) is 11.6 Å². The molecule has 1 aromatic carbocycles. The summed E-state index contributed by atoms with van der Waals surface area (Å²) >= 11 is 7.67. The molecule has 7 heteroatoms. The van der Waals surface area contributed by atoms with Gasteiger partial charge in [0.05, 0.1) is 28.4 Å². The lowest BCUT2D eigenvalue weighted by Gasteiger charge is -2.19. The Balaban J connectivity index is 1.65. The number of carbonyl (C=O) groups excluding carboxylic acids is 1. The third kappa shape index (κ3) is 3.18. The Morgan fingerprint density at radius 2 is 2.23 bits per heavy atom. The molecule has 2 heterocycles. The Kier molecular flexibility index (Phi) is 4.49. The van der Waals surface area contributed by atoms with Gasteiger partial charge in [-0.05, 0) is 19.1 Å². The Morgan fingerprint density at radius 1 is 1.41 bits per heavy atom. The number of benzene rings is 1. The molecule has 0 radical (unpaired) electrons. The number of hydrogen-bond donors (Lipinski definition) is 0. The summed E-state index contributed by atoms with van der Waals surface area (Å²) in [4.78, 5) is 17.4. The fourth-order valence-electron chi connectivity index (χ4n) is 2.11. The number of hydrogen-bond acceptors (Lipinski definition) is 6. The van der Waals surface area contributed by atoms with Crippen molar-refractivity contribution in [3.8, 4) is 11.5 Å². The van der Waals surface area contributed by atoms with Crippen molar-refractivity contribution in [2.24, 2.45) is 0 Å². The molecule has 0 aliphatic carbocycles. The van der Waals surface area contributed by atoms with E-state index in [2.05, 4.69) is 4.98 Å². The fraction of sp³-hybridized carbons (Fsp3) is 0.333. The maximum Gasteiger partial charge on any atom is 0.338 e. The highest BCUT2D eigenvalue weighted by Gasteiger charge is 2.20. The smallest absolute Gasteiger partial charge is 0.338 e. The maximum atomic E-state index is 12.1. The van der Waals surface area contributed by atoms with E-state index in [-0.39, 0.29) is 0 Å². The Labute approximate surface area is 136 Å². The Morgan fingerprint density at radius 3 is 3.00 bits per heavy atom. The van der Waals surface area contributed by atoms with Crippen LogP contribution in [0.5, 0.6) is 11.5 Å². The van der Waals surface area contributed by atoms with E-state index in [0.29, 0.717) is 48.3 Å².